The number of aryl methyl sites for hydroxylation is 1. The first-order chi connectivity index (χ1) is 15.3. The third-order valence-corrected chi connectivity index (χ3v) is 6.67. The molecule has 2 heterocycles. The molecule has 0 aliphatic carbocycles. The van der Waals surface area contributed by atoms with E-state index in [1.165, 1.54) is 25.3 Å². The second-order valence-corrected chi connectivity index (χ2v) is 8.85. The number of esters is 2. The summed E-state index contributed by atoms with van der Waals surface area (Å²) < 4.78 is 9.61. The first kappa shape index (κ1) is 23.9. The van der Waals surface area contributed by atoms with Crippen LogP contribution in [0.3, 0.4) is 0 Å². The molecule has 1 aliphatic heterocycles. The summed E-state index contributed by atoms with van der Waals surface area (Å²) in [5.41, 5.74) is 3.17. The molecule has 9 heteroatoms. The number of benzene rings is 1. The highest BCUT2D eigenvalue weighted by atomic mass is 32.1. The average molecular weight is 460 g/mol. The number of rotatable bonds is 7. The van der Waals surface area contributed by atoms with Gasteiger partial charge in [0.2, 0.25) is 5.91 Å². The lowest BCUT2D eigenvalue weighted by atomic mass is 10.1. The molecule has 32 heavy (non-hydrogen) atoms. The Bertz CT molecular complexity index is 996. The van der Waals surface area contributed by atoms with Gasteiger partial charge in [0.25, 0.3) is 0 Å². The smallest absolute Gasteiger partial charge is 0.348 e. The number of anilines is 1. The largest absolute Gasteiger partial charge is 0.465 e. The van der Waals surface area contributed by atoms with E-state index in [1.807, 2.05) is 0 Å². The van der Waals surface area contributed by atoms with Gasteiger partial charge in [-0.25, -0.2) is 9.59 Å². The third kappa shape index (κ3) is 5.73. The number of methoxy groups -OCH3 is 2. The molecule has 0 radical (unpaired) electrons. The van der Waals surface area contributed by atoms with Crippen LogP contribution in [0, 0.1) is 13.8 Å². The Balaban J connectivity index is 1.58. The number of carbonyl (C=O) groups is 3. The van der Waals surface area contributed by atoms with Crippen LogP contribution in [0.1, 0.15) is 36.7 Å². The van der Waals surface area contributed by atoms with Crippen molar-refractivity contribution in [2.24, 2.45) is 0 Å². The minimum Gasteiger partial charge on any atom is -0.465 e. The predicted molar refractivity (Wildman–Crippen MR) is 123 cm³/mol. The maximum atomic E-state index is 12.7. The van der Waals surface area contributed by atoms with E-state index in [4.69, 9.17) is 9.47 Å². The number of nitrogens with one attached hydrogen (secondary N) is 1. The zero-order chi connectivity index (χ0) is 23.3. The zero-order valence-electron chi connectivity index (χ0n) is 18.9. The summed E-state index contributed by atoms with van der Waals surface area (Å²) in [6.07, 6.45) is 0. The molecule has 0 saturated carbocycles. The molecule has 172 valence electrons. The molecule has 0 unspecified atom stereocenters. The van der Waals surface area contributed by atoms with Gasteiger partial charge in [-0.3, -0.25) is 14.6 Å². The van der Waals surface area contributed by atoms with E-state index in [2.05, 4.69) is 46.3 Å². The normalized spacial score (nSPS) is 14.8. The minimum atomic E-state index is -0.603. The third-order valence-electron chi connectivity index (χ3n) is 5.48. The van der Waals surface area contributed by atoms with Crippen LogP contribution in [-0.4, -0.2) is 74.6 Å². The highest BCUT2D eigenvalue weighted by Crippen LogP contribution is 2.34. The molecule has 2 aromatic rings. The molecule has 8 nitrogen and oxygen atoms in total. The molecular formula is C23H29N3O5S. The van der Waals surface area contributed by atoms with Gasteiger partial charge in [-0.15, -0.1) is 11.3 Å². The van der Waals surface area contributed by atoms with E-state index in [9.17, 15) is 14.4 Å². The van der Waals surface area contributed by atoms with Gasteiger partial charge in [0, 0.05) is 32.7 Å². The zero-order valence-corrected chi connectivity index (χ0v) is 19.7. The van der Waals surface area contributed by atoms with Gasteiger partial charge >= 0.3 is 11.9 Å². The van der Waals surface area contributed by atoms with Gasteiger partial charge in [0.15, 0.2) is 0 Å². The van der Waals surface area contributed by atoms with E-state index < -0.39 is 11.9 Å². The quantitative estimate of drug-likeness (QED) is 0.637. The lowest BCUT2D eigenvalue weighted by molar-refractivity contribution is -0.117. The Kier molecular flexibility index (Phi) is 8.00. The van der Waals surface area contributed by atoms with Crippen molar-refractivity contribution in [1.29, 1.82) is 0 Å². The highest BCUT2D eigenvalue weighted by Gasteiger charge is 2.27. The van der Waals surface area contributed by atoms with Crippen LogP contribution >= 0.6 is 11.3 Å². The van der Waals surface area contributed by atoms with Crippen molar-refractivity contribution in [2.45, 2.75) is 20.4 Å². The van der Waals surface area contributed by atoms with Gasteiger partial charge < -0.3 is 14.8 Å². The van der Waals surface area contributed by atoms with E-state index in [0.29, 0.717) is 10.6 Å². The number of hydrogen-bond donors (Lipinski definition) is 1. The number of nitrogens with zero attached hydrogens (tertiary/aromatic N) is 2. The van der Waals surface area contributed by atoms with E-state index in [-0.39, 0.29) is 22.9 Å². The van der Waals surface area contributed by atoms with Crippen LogP contribution < -0.4 is 5.32 Å². The number of hydrogen-bond acceptors (Lipinski definition) is 8. The molecule has 0 spiro atoms. The van der Waals surface area contributed by atoms with Crippen molar-refractivity contribution in [2.75, 3.05) is 52.3 Å². The van der Waals surface area contributed by atoms with E-state index >= 15 is 0 Å². The fraction of sp³-hybridized carbons (Fsp3) is 0.435. The van der Waals surface area contributed by atoms with Gasteiger partial charge in [-0.1, -0.05) is 29.8 Å². The summed E-state index contributed by atoms with van der Waals surface area (Å²) in [6, 6.07) is 8.50. The summed E-state index contributed by atoms with van der Waals surface area (Å²) in [4.78, 5) is 41.6. The second-order valence-electron chi connectivity index (χ2n) is 7.83. The van der Waals surface area contributed by atoms with Crippen LogP contribution in [-0.2, 0) is 20.8 Å². The Morgan fingerprint density at radius 2 is 1.66 bits per heavy atom. The lowest BCUT2D eigenvalue weighted by Crippen LogP contribution is -2.48. The van der Waals surface area contributed by atoms with Crippen molar-refractivity contribution in [3.8, 4) is 0 Å². The summed E-state index contributed by atoms with van der Waals surface area (Å²) >= 11 is 1.02. The van der Waals surface area contributed by atoms with E-state index in [1.54, 1.807) is 6.92 Å². The average Bonchev–Trinajstić information content (AvgIpc) is 3.09. The Labute approximate surface area is 192 Å². The molecule has 1 fully saturated rings. The van der Waals surface area contributed by atoms with Crippen LogP contribution in [0.5, 0.6) is 0 Å². The molecule has 1 aromatic heterocycles. The van der Waals surface area contributed by atoms with Gasteiger partial charge in [-0.05, 0) is 25.0 Å². The fourth-order valence-electron chi connectivity index (χ4n) is 3.78. The standard InChI is InChI=1S/C23H29N3O5S/c1-15-6-5-7-17(12-15)13-25-8-10-26(11-9-25)14-18(27)24-21-19(22(28)30-3)16(2)20(32-21)23(29)31-4/h5-7,12H,8-11,13-14H2,1-4H3,(H,24,27). The van der Waals surface area contributed by atoms with Crippen molar-refractivity contribution < 1.29 is 23.9 Å². The molecule has 1 aromatic carbocycles. The maximum Gasteiger partial charge on any atom is 0.348 e. The topological polar surface area (TPSA) is 88.2 Å². The summed E-state index contributed by atoms with van der Waals surface area (Å²) in [5.74, 6) is -1.39. The Hall–Kier alpha value is -2.75. The minimum absolute atomic E-state index is 0.189. The number of piperazine rings is 1. The number of amides is 1. The van der Waals surface area contributed by atoms with Crippen molar-refractivity contribution in [3.05, 3.63) is 51.4 Å². The van der Waals surface area contributed by atoms with Gasteiger partial charge in [-0.2, -0.15) is 0 Å². The van der Waals surface area contributed by atoms with Crippen molar-refractivity contribution in [1.82, 2.24) is 9.80 Å². The summed E-state index contributed by atoms with van der Waals surface area (Å²) in [5, 5.41) is 3.09. The SMILES string of the molecule is COC(=O)c1sc(NC(=O)CN2CCN(Cc3cccc(C)c3)CC2)c(C(=O)OC)c1C. The van der Waals surface area contributed by atoms with Crippen LogP contribution in [0.2, 0.25) is 0 Å². The first-order valence-corrected chi connectivity index (χ1v) is 11.2. The molecule has 1 aliphatic rings. The molecule has 1 amide bonds. The Morgan fingerprint density at radius 1 is 1.00 bits per heavy atom. The summed E-state index contributed by atoms with van der Waals surface area (Å²) in [7, 11) is 2.54. The molecule has 0 atom stereocenters. The number of carbonyl (C=O) groups excluding carboxylic acids is 3. The molecule has 0 bridgehead atoms. The maximum absolute atomic E-state index is 12.7. The number of thiophene rings is 1. The molecule has 1 N–H and O–H groups in total. The molecule has 1 saturated heterocycles. The predicted octanol–water partition coefficient (Wildman–Crippen LogP) is 2.69. The second kappa shape index (κ2) is 10.7. The van der Waals surface area contributed by atoms with Crippen LogP contribution in [0.15, 0.2) is 24.3 Å². The fourth-order valence-corrected chi connectivity index (χ4v) is 4.91. The van der Waals surface area contributed by atoms with Crippen LogP contribution in [0.4, 0.5) is 5.00 Å². The lowest BCUT2D eigenvalue weighted by Gasteiger charge is -2.34. The Morgan fingerprint density at radius 3 is 2.28 bits per heavy atom. The van der Waals surface area contributed by atoms with Crippen molar-refractivity contribution >= 4 is 34.2 Å². The summed E-state index contributed by atoms with van der Waals surface area (Å²) in [6.45, 7) is 8.14. The monoisotopic (exact) mass is 459 g/mol. The van der Waals surface area contributed by atoms with Crippen molar-refractivity contribution in [3.63, 3.8) is 0 Å². The van der Waals surface area contributed by atoms with Crippen LogP contribution in [0.25, 0.3) is 0 Å². The molecule has 3 rings (SSSR count). The van der Waals surface area contributed by atoms with Gasteiger partial charge in [0.1, 0.15) is 9.88 Å². The first-order valence-electron chi connectivity index (χ1n) is 10.4. The number of ether oxygens (including phenoxy) is 2. The highest BCUT2D eigenvalue weighted by molar-refractivity contribution is 7.18. The molecular weight excluding hydrogens is 430 g/mol. The van der Waals surface area contributed by atoms with E-state index in [0.717, 1.165) is 44.1 Å². The van der Waals surface area contributed by atoms with Gasteiger partial charge in [0.05, 0.1) is 26.3 Å².